The van der Waals surface area contributed by atoms with E-state index < -0.39 is 0 Å². The number of rotatable bonds is 5. The maximum atomic E-state index is 11.6. The van der Waals surface area contributed by atoms with Crippen molar-refractivity contribution in [3.8, 4) is 5.75 Å². The minimum Gasteiger partial charge on any atom is -0.492 e. The highest BCUT2D eigenvalue weighted by molar-refractivity contribution is 9.10. The van der Waals surface area contributed by atoms with Gasteiger partial charge in [-0.05, 0) is 30.7 Å². The van der Waals surface area contributed by atoms with Crippen molar-refractivity contribution in [2.75, 3.05) is 12.3 Å². The normalized spacial score (nSPS) is 10.5. The first kappa shape index (κ1) is 14.9. The maximum Gasteiger partial charge on any atom is 0.250 e. The van der Waals surface area contributed by atoms with Crippen molar-refractivity contribution in [1.29, 1.82) is 0 Å². The predicted molar refractivity (Wildman–Crippen MR) is 84.4 cm³/mol. The largest absolute Gasteiger partial charge is 0.492 e. The average molecular weight is 358 g/mol. The third kappa shape index (κ3) is 4.02. The molecule has 0 fully saturated rings. The molecule has 20 heavy (non-hydrogen) atoms. The molecule has 0 aliphatic carbocycles. The fraction of sp³-hybridized carbons (Fsp3) is 0.214. The predicted octanol–water partition coefficient (Wildman–Crippen LogP) is 3.32. The van der Waals surface area contributed by atoms with Gasteiger partial charge in [-0.15, -0.1) is 0 Å². The lowest BCUT2D eigenvalue weighted by Crippen LogP contribution is -2.20. The Bertz CT molecular complexity index is 658. The van der Waals surface area contributed by atoms with Crippen LogP contribution in [0.2, 0.25) is 5.02 Å². The second-order valence-electron chi connectivity index (χ2n) is 4.27. The lowest BCUT2D eigenvalue weighted by atomic mass is 10.3. The number of hydrogen-bond donors (Lipinski definition) is 1. The summed E-state index contributed by atoms with van der Waals surface area (Å²) in [6.07, 6.45) is 2.32. The first-order chi connectivity index (χ1) is 9.56. The second kappa shape index (κ2) is 6.81. The molecule has 0 atom stereocenters. The molecule has 2 aromatic rings. The van der Waals surface area contributed by atoms with Gasteiger partial charge in [0.05, 0.1) is 11.6 Å². The zero-order chi connectivity index (χ0) is 14.5. The summed E-state index contributed by atoms with van der Waals surface area (Å²) >= 11 is 9.38. The van der Waals surface area contributed by atoms with Crippen molar-refractivity contribution in [3.63, 3.8) is 0 Å². The van der Waals surface area contributed by atoms with Crippen LogP contribution in [0.25, 0.3) is 0 Å². The maximum absolute atomic E-state index is 11.6. The molecule has 0 radical (unpaired) electrons. The summed E-state index contributed by atoms with van der Waals surface area (Å²) in [5, 5.41) is 0.564. The van der Waals surface area contributed by atoms with Gasteiger partial charge in [-0.25, -0.2) is 0 Å². The number of pyridine rings is 1. The first-order valence-electron chi connectivity index (χ1n) is 6.10. The summed E-state index contributed by atoms with van der Waals surface area (Å²) in [6, 6.07) is 8.48. The van der Waals surface area contributed by atoms with E-state index in [-0.39, 0.29) is 5.56 Å². The summed E-state index contributed by atoms with van der Waals surface area (Å²) < 4.78 is 8.08. The second-order valence-corrected chi connectivity index (χ2v) is 5.59. The first-order valence-corrected chi connectivity index (χ1v) is 7.27. The van der Waals surface area contributed by atoms with E-state index in [4.69, 9.17) is 22.1 Å². The van der Waals surface area contributed by atoms with Gasteiger partial charge in [0, 0.05) is 29.0 Å². The summed E-state index contributed by atoms with van der Waals surface area (Å²) in [4.78, 5) is 11.6. The van der Waals surface area contributed by atoms with Crippen molar-refractivity contribution in [1.82, 2.24) is 4.57 Å². The Morgan fingerprint density at radius 2 is 2.10 bits per heavy atom. The van der Waals surface area contributed by atoms with E-state index in [2.05, 4.69) is 15.9 Å². The Kier molecular flexibility index (Phi) is 5.09. The molecule has 2 rings (SSSR count). The molecule has 1 heterocycles. The zero-order valence-electron chi connectivity index (χ0n) is 10.7. The van der Waals surface area contributed by atoms with E-state index in [9.17, 15) is 4.79 Å². The Hall–Kier alpha value is -1.46. The van der Waals surface area contributed by atoms with Gasteiger partial charge in [-0.3, -0.25) is 4.79 Å². The van der Waals surface area contributed by atoms with Gasteiger partial charge < -0.3 is 15.0 Å². The number of aromatic nitrogens is 1. The van der Waals surface area contributed by atoms with Crippen molar-refractivity contribution in [2.24, 2.45) is 0 Å². The minimum atomic E-state index is -0.0697. The van der Waals surface area contributed by atoms with Gasteiger partial charge in [0.1, 0.15) is 5.75 Å². The quantitative estimate of drug-likeness (QED) is 0.835. The van der Waals surface area contributed by atoms with Gasteiger partial charge >= 0.3 is 0 Å². The highest BCUT2D eigenvalue weighted by Gasteiger charge is 2.02. The van der Waals surface area contributed by atoms with E-state index in [1.807, 2.05) is 12.1 Å². The number of anilines is 1. The molecule has 0 aliphatic heterocycles. The van der Waals surface area contributed by atoms with Crippen LogP contribution in [0, 0.1) is 0 Å². The van der Waals surface area contributed by atoms with Crippen LogP contribution in [0.3, 0.4) is 0 Å². The molecule has 1 aromatic carbocycles. The number of aryl methyl sites for hydroxylation is 1. The number of hydrogen-bond acceptors (Lipinski definition) is 3. The van der Waals surface area contributed by atoms with Crippen LogP contribution in [-0.2, 0) is 6.54 Å². The van der Waals surface area contributed by atoms with Crippen LogP contribution >= 0.6 is 27.5 Å². The van der Waals surface area contributed by atoms with Crippen LogP contribution in [0.15, 0.2) is 45.8 Å². The molecular formula is C14H14BrClN2O2. The molecule has 2 N–H and O–H groups in total. The van der Waals surface area contributed by atoms with Crippen LogP contribution < -0.4 is 16.0 Å². The molecule has 0 bridgehead atoms. The fourth-order valence-electron chi connectivity index (χ4n) is 1.73. The molecule has 0 spiro atoms. The molecule has 0 unspecified atom stereocenters. The molecule has 6 heteroatoms. The molecule has 0 amide bonds. The van der Waals surface area contributed by atoms with E-state index in [0.29, 0.717) is 36.0 Å². The van der Waals surface area contributed by atoms with E-state index in [1.54, 1.807) is 22.9 Å². The van der Waals surface area contributed by atoms with Crippen molar-refractivity contribution in [3.05, 3.63) is 56.4 Å². The summed E-state index contributed by atoms with van der Waals surface area (Å²) in [6.45, 7) is 1.02. The van der Waals surface area contributed by atoms with Gasteiger partial charge in [0.2, 0.25) is 0 Å². The molecule has 1 aromatic heterocycles. The number of nitrogens with zero attached hydrogens (tertiary/aromatic N) is 1. The Morgan fingerprint density at radius 3 is 2.90 bits per heavy atom. The molecular weight excluding hydrogens is 344 g/mol. The number of nitrogen functional groups attached to an aromatic ring is 1. The van der Waals surface area contributed by atoms with E-state index >= 15 is 0 Å². The summed E-state index contributed by atoms with van der Waals surface area (Å²) in [5.74, 6) is 0.626. The van der Waals surface area contributed by atoms with Gasteiger partial charge in [0.15, 0.2) is 0 Å². The number of halogens is 2. The third-order valence-electron chi connectivity index (χ3n) is 2.70. The SMILES string of the molecule is Nc1ccc(=O)n(CCCOc2cc(Br)ccc2Cl)c1. The van der Waals surface area contributed by atoms with Crippen molar-refractivity contribution < 1.29 is 4.74 Å². The lowest BCUT2D eigenvalue weighted by molar-refractivity contribution is 0.301. The highest BCUT2D eigenvalue weighted by atomic mass is 79.9. The zero-order valence-corrected chi connectivity index (χ0v) is 13.0. The summed E-state index contributed by atoms with van der Waals surface area (Å²) in [5.41, 5.74) is 6.15. The third-order valence-corrected chi connectivity index (χ3v) is 3.51. The van der Waals surface area contributed by atoms with Crippen LogP contribution in [0.5, 0.6) is 5.75 Å². The number of ether oxygens (including phenoxy) is 1. The Balaban J connectivity index is 1.89. The molecule has 0 saturated heterocycles. The smallest absolute Gasteiger partial charge is 0.250 e. The minimum absolute atomic E-state index is 0.0697. The number of benzene rings is 1. The van der Waals surface area contributed by atoms with Gasteiger partial charge in [-0.2, -0.15) is 0 Å². The molecule has 0 aliphatic rings. The van der Waals surface area contributed by atoms with Crippen LogP contribution in [0.4, 0.5) is 5.69 Å². The van der Waals surface area contributed by atoms with E-state index in [1.165, 1.54) is 6.07 Å². The Labute approximate surface area is 130 Å². The van der Waals surface area contributed by atoms with Gasteiger partial charge in [0.25, 0.3) is 5.56 Å². The van der Waals surface area contributed by atoms with E-state index in [0.717, 1.165) is 4.47 Å². The highest BCUT2D eigenvalue weighted by Crippen LogP contribution is 2.27. The molecule has 106 valence electrons. The topological polar surface area (TPSA) is 57.2 Å². The molecule has 0 saturated carbocycles. The van der Waals surface area contributed by atoms with Gasteiger partial charge in [-0.1, -0.05) is 27.5 Å². The Morgan fingerprint density at radius 1 is 1.30 bits per heavy atom. The number of nitrogens with two attached hydrogens (primary N) is 1. The lowest BCUT2D eigenvalue weighted by Gasteiger charge is -2.09. The fourth-order valence-corrected chi connectivity index (χ4v) is 2.24. The van der Waals surface area contributed by atoms with Crippen molar-refractivity contribution in [2.45, 2.75) is 13.0 Å². The van der Waals surface area contributed by atoms with Crippen LogP contribution in [-0.4, -0.2) is 11.2 Å². The average Bonchev–Trinajstić information content (AvgIpc) is 2.42. The van der Waals surface area contributed by atoms with Crippen LogP contribution in [0.1, 0.15) is 6.42 Å². The standard InChI is InChI=1S/C14H14BrClN2O2/c15-10-2-4-12(16)13(8-10)20-7-1-6-18-9-11(17)3-5-14(18)19/h2-5,8-9H,1,6-7,17H2. The monoisotopic (exact) mass is 356 g/mol. The summed E-state index contributed by atoms with van der Waals surface area (Å²) in [7, 11) is 0. The van der Waals surface area contributed by atoms with Crippen molar-refractivity contribution >= 4 is 33.2 Å². The molecule has 4 nitrogen and oxygen atoms in total.